The van der Waals surface area contributed by atoms with E-state index in [-0.39, 0.29) is 11.8 Å². The van der Waals surface area contributed by atoms with E-state index in [1.807, 2.05) is 33.9 Å². The van der Waals surface area contributed by atoms with Crippen LogP contribution in [0.25, 0.3) is 11.0 Å². The van der Waals surface area contributed by atoms with E-state index in [2.05, 4.69) is 13.0 Å². The van der Waals surface area contributed by atoms with Gasteiger partial charge in [-0.15, -0.1) is 0 Å². The zero-order chi connectivity index (χ0) is 19.0. The number of hydrogen-bond donors (Lipinski definition) is 0. The Balaban J connectivity index is 1.99. The minimum atomic E-state index is -0.392. The molecule has 1 unspecified atom stereocenters. The van der Waals surface area contributed by atoms with Crippen LogP contribution in [0.3, 0.4) is 0 Å². The number of nitrogens with zero attached hydrogens (tertiary/aromatic N) is 2. The summed E-state index contributed by atoms with van der Waals surface area (Å²) in [4.78, 5) is 29.3. The normalized spacial score (nSPS) is 18.0. The van der Waals surface area contributed by atoms with E-state index in [1.165, 1.54) is 0 Å². The molecule has 2 heterocycles. The van der Waals surface area contributed by atoms with Gasteiger partial charge in [-0.25, -0.2) is 0 Å². The molecule has 2 aromatic rings. The van der Waals surface area contributed by atoms with Gasteiger partial charge in [-0.05, 0) is 38.3 Å². The van der Waals surface area contributed by atoms with Crippen molar-refractivity contribution in [2.24, 2.45) is 0 Å². The first-order chi connectivity index (χ1) is 12.4. The Kier molecular flexibility index (Phi) is 5.08. The predicted molar refractivity (Wildman–Crippen MR) is 102 cm³/mol. The van der Waals surface area contributed by atoms with Gasteiger partial charge in [0.1, 0.15) is 11.6 Å². The molecule has 3 rings (SSSR count). The number of carbonyl (C=O) groups excluding carboxylic acids is 2. The lowest BCUT2D eigenvalue weighted by Crippen LogP contribution is -2.57. The van der Waals surface area contributed by atoms with Crippen LogP contribution >= 0.6 is 0 Å². The van der Waals surface area contributed by atoms with Gasteiger partial charge >= 0.3 is 0 Å². The van der Waals surface area contributed by atoms with Crippen LogP contribution < -0.4 is 0 Å². The molecule has 5 nitrogen and oxygen atoms in total. The van der Waals surface area contributed by atoms with Crippen LogP contribution in [0.15, 0.2) is 16.5 Å². The van der Waals surface area contributed by atoms with Crippen LogP contribution in [0.5, 0.6) is 0 Å². The Bertz CT molecular complexity index is 853. The van der Waals surface area contributed by atoms with Crippen molar-refractivity contribution in [1.82, 2.24) is 9.80 Å². The van der Waals surface area contributed by atoms with Crippen molar-refractivity contribution < 1.29 is 14.0 Å². The number of fused-ring (bicyclic) bond motifs is 1. The van der Waals surface area contributed by atoms with Gasteiger partial charge < -0.3 is 14.2 Å². The van der Waals surface area contributed by atoms with Gasteiger partial charge in [0.05, 0.1) is 0 Å². The molecule has 0 bridgehead atoms. The molecule has 5 heteroatoms. The smallest absolute Gasteiger partial charge is 0.290 e. The number of piperazine rings is 1. The third kappa shape index (κ3) is 3.00. The third-order valence-electron chi connectivity index (χ3n) is 5.63. The minimum absolute atomic E-state index is 0.0267. The molecular weight excluding hydrogens is 328 g/mol. The van der Waals surface area contributed by atoms with E-state index in [0.717, 1.165) is 40.5 Å². The van der Waals surface area contributed by atoms with E-state index in [0.29, 0.717) is 25.3 Å². The molecule has 140 valence electrons. The molecule has 0 spiro atoms. The summed E-state index contributed by atoms with van der Waals surface area (Å²) < 4.78 is 6.02. The largest absolute Gasteiger partial charge is 0.450 e. The van der Waals surface area contributed by atoms with Crippen LogP contribution in [0, 0.1) is 20.8 Å². The molecule has 0 aliphatic carbocycles. The maximum atomic E-state index is 13.3. The van der Waals surface area contributed by atoms with E-state index < -0.39 is 6.04 Å². The zero-order valence-corrected chi connectivity index (χ0v) is 16.4. The fraction of sp³-hybridized carbons (Fsp3) is 0.524. The van der Waals surface area contributed by atoms with Gasteiger partial charge in [0.2, 0.25) is 5.91 Å². The Morgan fingerprint density at radius 2 is 1.92 bits per heavy atom. The third-order valence-corrected chi connectivity index (χ3v) is 5.63. The van der Waals surface area contributed by atoms with Crippen molar-refractivity contribution in [2.45, 2.75) is 53.0 Å². The monoisotopic (exact) mass is 356 g/mol. The highest BCUT2D eigenvalue weighted by Crippen LogP contribution is 2.31. The molecule has 1 aromatic carbocycles. The van der Waals surface area contributed by atoms with Crippen molar-refractivity contribution in [1.29, 1.82) is 0 Å². The maximum absolute atomic E-state index is 13.3. The minimum Gasteiger partial charge on any atom is -0.450 e. The molecule has 0 saturated carbocycles. The number of likely N-dealkylation sites (N-methyl/N-ethyl adjacent to an activating group) is 1. The Labute approximate surface area is 154 Å². The lowest BCUT2D eigenvalue weighted by Gasteiger charge is -2.38. The average molecular weight is 356 g/mol. The quantitative estimate of drug-likeness (QED) is 0.836. The molecule has 1 aliphatic heterocycles. The zero-order valence-electron chi connectivity index (χ0n) is 16.4. The molecule has 26 heavy (non-hydrogen) atoms. The molecule has 1 fully saturated rings. The maximum Gasteiger partial charge on any atom is 0.290 e. The molecule has 0 radical (unpaired) electrons. The molecule has 1 atom stereocenters. The number of carbonyl (C=O) groups is 2. The molecule has 0 N–H and O–H groups in total. The second kappa shape index (κ2) is 7.14. The van der Waals surface area contributed by atoms with Crippen LogP contribution in [-0.2, 0) is 4.79 Å². The summed E-state index contributed by atoms with van der Waals surface area (Å²) in [6.07, 6.45) is 2.62. The lowest BCUT2D eigenvalue weighted by molar-refractivity contribution is -0.138. The van der Waals surface area contributed by atoms with Gasteiger partial charge in [-0.2, -0.15) is 0 Å². The SMILES string of the molecule is CCCCC1C(=O)N(C)CCN1C(=O)c1oc2c(C)c(C)ccc2c1C. The number of furan rings is 1. The molecule has 2 amide bonds. The van der Waals surface area contributed by atoms with Crippen LogP contribution in [0.2, 0.25) is 0 Å². The summed E-state index contributed by atoms with van der Waals surface area (Å²) in [5.41, 5.74) is 3.83. The number of unbranched alkanes of at least 4 members (excludes halogenated alkanes) is 1. The number of aryl methyl sites for hydroxylation is 3. The number of rotatable bonds is 4. The fourth-order valence-corrected chi connectivity index (χ4v) is 3.68. The Morgan fingerprint density at radius 3 is 2.62 bits per heavy atom. The number of hydrogen-bond acceptors (Lipinski definition) is 3. The van der Waals surface area contributed by atoms with Crippen molar-refractivity contribution in [3.63, 3.8) is 0 Å². The van der Waals surface area contributed by atoms with E-state index >= 15 is 0 Å². The topological polar surface area (TPSA) is 53.8 Å². The van der Waals surface area contributed by atoms with Gasteiger partial charge in [-0.1, -0.05) is 31.9 Å². The van der Waals surface area contributed by atoms with Gasteiger partial charge in [0.15, 0.2) is 5.76 Å². The average Bonchev–Trinajstić information content (AvgIpc) is 2.96. The Hall–Kier alpha value is -2.30. The standard InChI is InChI=1S/C21H28N2O3/c1-6-7-8-17-20(24)22(5)11-12-23(17)21(25)19-15(4)16-10-9-13(2)14(3)18(16)26-19/h9-10,17H,6-8,11-12H2,1-5H3. The molecule has 1 saturated heterocycles. The summed E-state index contributed by atoms with van der Waals surface area (Å²) in [5.74, 6) is 0.227. The molecule has 1 aromatic heterocycles. The number of amides is 2. The first-order valence-corrected chi connectivity index (χ1v) is 9.42. The predicted octanol–water partition coefficient (Wildman–Crippen LogP) is 3.83. The molecular formula is C21H28N2O3. The van der Waals surface area contributed by atoms with Gasteiger partial charge in [0.25, 0.3) is 5.91 Å². The van der Waals surface area contributed by atoms with E-state index in [4.69, 9.17) is 4.42 Å². The summed E-state index contributed by atoms with van der Waals surface area (Å²) in [5, 5.41) is 0.974. The van der Waals surface area contributed by atoms with Crippen molar-refractivity contribution in [2.75, 3.05) is 20.1 Å². The van der Waals surface area contributed by atoms with Crippen LogP contribution in [-0.4, -0.2) is 47.8 Å². The summed E-state index contributed by atoms with van der Waals surface area (Å²) in [7, 11) is 1.81. The first kappa shape index (κ1) is 18.5. The van der Waals surface area contributed by atoms with E-state index in [1.54, 1.807) is 9.80 Å². The van der Waals surface area contributed by atoms with Crippen molar-refractivity contribution in [3.05, 3.63) is 34.6 Å². The number of benzene rings is 1. The second-order valence-corrected chi connectivity index (χ2v) is 7.36. The Morgan fingerprint density at radius 1 is 1.19 bits per heavy atom. The fourth-order valence-electron chi connectivity index (χ4n) is 3.68. The highest BCUT2D eigenvalue weighted by molar-refractivity contribution is 6.02. The lowest BCUT2D eigenvalue weighted by atomic mass is 10.0. The van der Waals surface area contributed by atoms with E-state index in [9.17, 15) is 9.59 Å². The summed E-state index contributed by atoms with van der Waals surface area (Å²) in [6, 6.07) is 3.67. The van der Waals surface area contributed by atoms with Crippen LogP contribution in [0.1, 0.15) is 53.4 Å². The van der Waals surface area contributed by atoms with Gasteiger partial charge in [-0.3, -0.25) is 9.59 Å². The van der Waals surface area contributed by atoms with Crippen molar-refractivity contribution in [3.8, 4) is 0 Å². The first-order valence-electron chi connectivity index (χ1n) is 9.42. The van der Waals surface area contributed by atoms with Gasteiger partial charge in [0, 0.05) is 31.1 Å². The summed E-state index contributed by atoms with van der Waals surface area (Å²) >= 11 is 0. The van der Waals surface area contributed by atoms with Crippen molar-refractivity contribution >= 4 is 22.8 Å². The summed E-state index contributed by atoms with van der Waals surface area (Å²) in [6.45, 7) is 9.17. The molecule has 1 aliphatic rings. The second-order valence-electron chi connectivity index (χ2n) is 7.36. The van der Waals surface area contributed by atoms with Crippen LogP contribution in [0.4, 0.5) is 0 Å². The highest BCUT2D eigenvalue weighted by atomic mass is 16.3. The highest BCUT2D eigenvalue weighted by Gasteiger charge is 2.37.